The monoisotopic (exact) mass is 356 g/mol. The second kappa shape index (κ2) is 7.06. The molecule has 4 nitrogen and oxygen atoms in total. The van der Waals surface area contributed by atoms with Crippen molar-refractivity contribution in [2.45, 2.75) is 45.3 Å². The maximum atomic E-state index is 13.0. The van der Waals surface area contributed by atoms with Gasteiger partial charge in [0.05, 0.1) is 12.0 Å². The quantitative estimate of drug-likeness (QED) is 0.902. The highest BCUT2D eigenvalue weighted by molar-refractivity contribution is 5.81. The van der Waals surface area contributed by atoms with Crippen LogP contribution in [0.1, 0.15) is 38.3 Å². The molecular weight excluding hydrogens is 333 g/mol. The molecule has 0 saturated carbocycles. The Labute approximate surface area is 145 Å². The van der Waals surface area contributed by atoms with Crippen LogP contribution in [-0.2, 0) is 22.2 Å². The molecule has 1 heterocycles. The molecule has 138 valence electrons. The van der Waals surface area contributed by atoms with E-state index in [9.17, 15) is 22.8 Å². The molecule has 1 aliphatic rings. The average Bonchev–Trinajstić information content (AvgIpc) is 2.86. The van der Waals surface area contributed by atoms with Gasteiger partial charge in [-0.3, -0.25) is 9.59 Å². The Morgan fingerprint density at radius 3 is 2.44 bits per heavy atom. The van der Waals surface area contributed by atoms with Gasteiger partial charge < -0.3 is 10.2 Å². The molecule has 0 spiro atoms. The van der Waals surface area contributed by atoms with Crippen LogP contribution in [-0.4, -0.2) is 35.3 Å². The van der Waals surface area contributed by atoms with Gasteiger partial charge >= 0.3 is 6.18 Å². The highest BCUT2D eigenvalue weighted by Crippen LogP contribution is 2.32. The van der Waals surface area contributed by atoms with Crippen molar-refractivity contribution in [1.29, 1.82) is 0 Å². The van der Waals surface area contributed by atoms with Gasteiger partial charge in [0.25, 0.3) is 0 Å². The minimum absolute atomic E-state index is 0.0199. The van der Waals surface area contributed by atoms with Crippen LogP contribution in [0.3, 0.4) is 0 Å². The van der Waals surface area contributed by atoms with Crippen LogP contribution in [0, 0.1) is 5.92 Å². The number of carbonyl (C=O) groups is 2. The summed E-state index contributed by atoms with van der Waals surface area (Å²) in [7, 11) is 0. The molecular formula is C18H23F3N2O2. The van der Waals surface area contributed by atoms with E-state index >= 15 is 0 Å². The van der Waals surface area contributed by atoms with Crippen LogP contribution in [0.2, 0.25) is 0 Å². The molecule has 2 rings (SSSR count). The van der Waals surface area contributed by atoms with E-state index in [2.05, 4.69) is 5.32 Å². The van der Waals surface area contributed by atoms with Gasteiger partial charge in [-0.05, 0) is 32.4 Å². The molecule has 1 aromatic rings. The molecule has 1 fully saturated rings. The van der Waals surface area contributed by atoms with E-state index in [1.807, 2.05) is 20.8 Å². The summed E-state index contributed by atoms with van der Waals surface area (Å²) in [5.74, 6) is -0.457. The number of hydrogen-bond acceptors (Lipinski definition) is 2. The average molecular weight is 356 g/mol. The molecule has 1 atom stereocenters. The Hall–Kier alpha value is -2.05. The first-order chi connectivity index (χ1) is 11.5. The highest BCUT2D eigenvalue weighted by Gasteiger charge is 2.36. The standard InChI is InChI=1S/C18H23F3N2O2/c1-17(2,3)23-11-12(8-16(23)25)10-22-15(24)9-13-6-4-5-7-14(13)18(19,20)21/h4-7,12H,8-11H2,1-3H3,(H,22,24)/t12-/m1/s1. The minimum atomic E-state index is -4.48. The van der Waals surface area contributed by atoms with Crippen LogP contribution in [0.25, 0.3) is 0 Å². The van der Waals surface area contributed by atoms with E-state index in [0.29, 0.717) is 13.0 Å². The Kier molecular flexibility index (Phi) is 5.44. The van der Waals surface area contributed by atoms with Gasteiger partial charge in [-0.1, -0.05) is 18.2 Å². The number of carbonyl (C=O) groups excluding carboxylic acids is 2. The van der Waals surface area contributed by atoms with Gasteiger partial charge in [-0.15, -0.1) is 0 Å². The molecule has 0 bridgehead atoms. The van der Waals surface area contributed by atoms with Crippen LogP contribution in [0.15, 0.2) is 24.3 Å². The molecule has 1 aliphatic heterocycles. The summed E-state index contributed by atoms with van der Waals surface area (Å²) in [6.45, 7) is 6.66. The van der Waals surface area contributed by atoms with E-state index in [1.54, 1.807) is 4.90 Å². The van der Waals surface area contributed by atoms with Crippen molar-refractivity contribution in [2.24, 2.45) is 5.92 Å². The van der Waals surface area contributed by atoms with E-state index in [-0.39, 0.29) is 35.9 Å². The minimum Gasteiger partial charge on any atom is -0.355 e. The fraction of sp³-hybridized carbons (Fsp3) is 0.556. The third kappa shape index (κ3) is 4.96. The number of amides is 2. The number of hydrogen-bond donors (Lipinski definition) is 1. The third-order valence-electron chi connectivity index (χ3n) is 4.28. The molecule has 7 heteroatoms. The van der Waals surface area contributed by atoms with Crippen molar-refractivity contribution < 1.29 is 22.8 Å². The van der Waals surface area contributed by atoms with Gasteiger partial charge in [-0.25, -0.2) is 0 Å². The Morgan fingerprint density at radius 1 is 1.24 bits per heavy atom. The summed E-state index contributed by atoms with van der Waals surface area (Å²) in [4.78, 5) is 25.8. The zero-order valence-electron chi connectivity index (χ0n) is 14.6. The van der Waals surface area contributed by atoms with Gasteiger partial charge in [0.15, 0.2) is 0 Å². The highest BCUT2D eigenvalue weighted by atomic mass is 19.4. The van der Waals surface area contributed by atoms with Crippen LogP contribution < -0.4 is 5.32 Å². The lowest BCUT2D eigenvalue weighted by molar-refractivity contribution is -0.138. The van der Waals surface area contributed by atoms with E-state index in [4.69, 9.17) is 0 Å². The normalized spacial score (nSPS) is 18.6. The molecule has 1 aromatic carbocycles. The zero-order chi connectivity index (χ0) is 18.8. The maximum Gasteiger partial charge on any atom is 0.416 e. The fourth-order valence-corrected chi connectivity index (χ4v) is 3.01. The second-order valence-corrected chi connectivity index (χ2v) is 7.38. The number of rotatable bonds is 4. The fourth-order valence-electron chi connectivity index (χ4n) is 3.01. The van der Waals surface area contributed by atoms with Crippen LogP contribution in [0.4, 0.5) is 13.2 Å². The second-order valence-electron chi connectivity index (χ2n) is 7.38. The van der Waals surface area contributed by atoms with Crippen molar-refractivity contribution in [2.75, 3.05) is 13.1 Å². The van der Waals surface area contributed by atoms with Gasteiger partial charge in [0.2, 0.25) is 11.8 Å². The molecule has 0 aliphatic carbocycles. The third-order valence-corrected chi connectivity index (χ3v) is 4.28. The SMILES string of the molecule is CC(C)(C)N1C[C@@H](CNC(=O)Cc2ccccc2C(F)(F)F)CC1=O. The first-order valence-corrected chi connectivity index (χ1v) is 8.20. The van der Waals surface area contributed by atoms with Crippen molar-refractivity contribution in [3.63, 3.8) is 0 Å². The van der Waals surface area contributed by atoms with E-state index in [0.717, 1.165) is 6.07 Å². The van der Waals surface area contributed by atoms with E-state index < -0.39 is 17.6 Å². The lowest BCUT2D eigenvalue weighted by Crippen LogP contribution is -2.42. The first-order valence-electron chi connectivity index (χ1n) is 8.20. The van der Waals surface area contributed by atoms with Crippen molar-refractivity contribution in [1.82, 2.24) is 10.2 Å². The Morgan fingerprint density at radius 2 is 1.88 bits per heavy atom. The largest absolute Gasteiger partial charge is 0.416 e. The molecule has 1 N–H and O–H groups in total. The summed E-state index contributed by atoms with van der Waals surface area (Å²) in [5.41, 5.74) is -1.12. The maximum absolute atomic E-state index is 13.0. The van der Waals surface area contributed by atoms with Crippen molar-refractivity contribution >= 4 is 11.8 Å². The number of alkyl halides is 3. The lowest BCUT2D eigenvalue weighted by atomic mass is 10.0. The predicted molar refractivity (Wildman–Crippen MR) is 87.7 cm³/mol. The van der Waals surface area contributed by atoms with Gasteiger partial charge in [0, 0.05) is 31.0 Å². The summed E-state index contributed by atoms with van der Waals surface area (Å²) in [5, 5.41) is 2.66. The first kappa shape index (κ1) is 19.3. The van der Waals surface area contributed by atoms with Gasteiger partial charge in [0.1, 0.15) is 0 Å². The van der Waals surface area contributed by atoms with E-state index in [1.165, 1.54) is 18.2 Å². The van der Waals surface area contributed by atoms with Crippen LogP contribution >= 0.6 is 0 Å². The summed E-state index contributed by atoms with van der Waals surface area (Å²) >= 11 is 0. The van der Waals surface area contributed by atoms with Crippen LogP contribution in [0.5, 0.6) is 0 Å². The number of likely N-dealkylation sites (tertiary alicyclic amines) is 1. The molecule has 25 heavy (non-hydrogen) atoms. The number of nitrogens with one attached hydrogen (secondary N) is 1. The summed E-state index contributed by atoms with van der Waals surface area (Å²) in [6.07, 6.45) is -4.47. The molecule has 2 amide bonds. The topological polar surface area (TPSA) is 49.4 Å². The number of halogens is 3. The molecule has 0 aromatic heterocycles. The Bertz CT molecular complexity index is 650. The van der Waals surface area contributed by atoms with Crippen molar-refractivity contribution in [3.8, 4) is 0 Å². The van der Waals surface area contributed by atoms with Gasteiger partial charge in [-0.2, -0.15) is 13.2 Å². The summed E-state index contributed by atoms with van der Waals surface area (Å²) < 4.78 is 38.9. The number of nitrogens with zero attached hydrogens (tertiary/aromatic N) is 1. The predicted octanol–water partition coefficient (Wildman–Crippen LogP) is 3.01. The Balaban J connectivity index is 1.92. The molecule has 0 unspecified atom stereocenters. The smallest absolute Gasteiger partial charge is 0.355 e. The van der Waals surface area contributed by atoms with Crippen molar-refractivity contribution in [3.05, 3.63) is 35.4 Å². The number of benzene rings is 1. The zero-order valence-corrected chi connectivity index (χ0v) is 14.6. The molecule has 0 radical (unpaired) electrons. The summed E-state index contributed by atoms with van der Waals surface area (Å²) in [6, 6.07) is 5.06. The lowest BCUT2D eigenvalue weighted by Gasteiger charge is -2.32. The molecule has 1 saturated heterocycles.